The molecule has 0 fully saturated rings. The van der Waals surface area contributed by atoms with Crippen LogP contribution in [0.15, 0.2) is 64.8 Å². The molecular weight excluding hydrogens is 294 g/mol. The van der Waals surface area contributed by atoms with E-state index in [2.05, 4.69) is 20.3 Å². The van der Waals surface area contributed by atoms with Crippen LogP contribution < -0.4 is 11.1 Å². The molecule has 110 valence electrons. The van der Waals surface area contributed by atoms with E-state index < -0.39 is 0 Å². The highest BCUT2D eigenvalue weighted by molar-refractivity contribution is 7.99. The van der Waals surface area contributed by atoms with E-state index in [-0.39, 0.29) is 0 Å². The molecule has 1 aromatic carbocycles. The summed E-state index contributed by atoms with van der Waals surface area (Å²) in [6.45, 7) is 0. The third kappa shape index (κ3) is 3.17. The summed E-state index contributed by atoms with van der Waals surface area (Å²) in [7, 11) is 1.80. The van der Waals surface area contributed by atoms with Crippen LogP contribution in [-0.2, 0) is 0 Å². The summed E-state index contributed by atoms with van der Waals surface area (Å²) in [5.74, 6) is 0.588. The second-order valence-corrected chi connectivity index (χ2v) is 5.60. The second kappa shape index (κ2) is 6.44. The van der Waals surface area contributed by atoms with Crippen LogP contribution in [0.25, 0.3) is 11.3 Å². The molecule has 2 aromatic heterocycles. The summed E-state index contributed by atoms with van der Waals surface area (Å²) in [6.07, 6.45) is 3.52. The van der Waals surface area contributed by atoms with E-state index in [4.69, 9.17) is 5.73 Å². The van der Waals surface area contributed by atoms with Gasteiger partial charge >= 0.3 is 0 Å². The molecule has 0 spiro atoms. The average molecular weight is 309 g/mol. The fourth-order valence-electron chi connectivity index (χ4n) is 1.94. The van der Waals surface area contributed by atoms with Gasteiger partial charge < -0.3 is 11.1 Å². The zero-order chi connectivity index (χ0) is 15.4. The quantitative estimate of drug-likeness (QED) is 0.720. The summed E-state index contributed by atoms with van der Waals surface area (Å²) in [5.41, 5.74) is 8.29. The Morgan fingerprint density at radius 1 is 1.00 bits per heavy atom. The van der Waals surface area contributed by atoms with Crippen molar-refractivity contribution in [2.24, 2.45) is 0 Å². The van der Waals surface area contributed by atoms with Crippen LogP contribution in [0.5, 0.6) is 0 Å². The van der Waals surface area contributed by atoms with Crippen molar-refractivity contribution in [3.63, 3.8) is 0 Å². The first-order valence-corrected chi connectivity index (χ1v) is 7.57. The van der Waals surface area contributed by atoms with Gasteiger partial charge in [-0.05, 0) is 42.5 Å². The van der Waals surface area contributed by atoms with Crippen LogP contribution in [0.2, 0.25) is 0 Å². The van der Waals surface area contributed by atoms with Gasteiger partial charge in [-0.15, -0.1) is 0 Å². The van der Waals surface area contributed by atoms with E-state index in [1.807, 2.05) is 42.5 Å². The number of nitrogen functional groups attached to an aromatic ring is 1. The Hall–Kier alpha value is -2.60. The summed E-state index contributed by atoms with van der Waals surface area (Å²) >= 11 is 1.58. The Balaban J connectivity index is 1.97. The minimum Gasteiger partial charge on any atom is -0.399 e. The predicted octanol–water partition coefficient (Wildman–Crippen LogP) is 3.31. The number of pyridine rings is 1. The average Bonchev–Trinajstić information content (AvgIpc) is 2.57. The monoisotopic (exact) mass is 309 g/mol. The van der Waals surface area contributed by atoms with Crippen molar-refractivity contribution >= 4 is 23.4 Å². The summed E-state index contributed by atoms with van der Waals surface area (Å²) in [4.78, 5) is 14.2. The maximum absolute atomic E-state index is 5.72. The molecule has 0 saturated heterocycles. The Morgan fingerprint density at radius 2 is 1.82 bits per heavy atom. The van der Waals surface area contributed by atoms with Crippen LogP contribution in [0.1, 0.15) is 0 Å². The van der Waals surface area contributed by atoms with E-state index in [0.717, 1.165) is 26.9 Å². The number of rotatable bonds is 4. The molecule has 0 bridgehead atoms. The van der Waals surface area contributed by atoms with Crippen LogP contribution in [-0.4, -0.2) is 22.0 Å². The molecule has 3 rings (SSSR count). The molecule has 0 aliphatic rings. The van der Waals surface area contributed by atoms with Crippen molar-refractivity contribution < 1.29 is 0 Å². The third-order valence-corrected chi connectivity index (χ3v) is 4.05. The van der Waals surface area contributed by atoms with Gasteiger partial charge in [-0.3, -0.25) is 0 Å². The van der Waals surface area contributed by atoms with E-state index in [1.165, 1.54) is 0 Å². The molecule has 0 aliphatic heterocycles. The van der Waals surface area contributed by atoms with Gasteiger partial charge in [-0.2, -0.15) is 0 Å². The van der Waals surface area contributed by atoms with Gasteiger partial charge in [-0.1, -0.05) is 11.8 Å². The summed E-state index contributed by atoms with van der Waals surface area (Å²) in [6, 6.07) is 13.5. The molecule has 22 heavy (non-hydrogen) atoms. The van der Waals surface area contributed by atoms with Crippen LogP contribution in [0, 0.1) is 0 Å². The maximum atomic E-state index is 5.72. The number of hydrogen-bond donors (Lipinski definition) is 2. The van der Waals surface area contributed by atoms with E-state index in [9.17, 15) is 0 Å². The SMILES string of the molecule is CNc1nccc(-c2cccnc2Sc2ccc(N)cc2)n1. The summed E-state index contributed by atoms with van der Waals surface area (Å²) in [5, 5.41) is 3.85. The van der Waals surface area contributed by atoms with Crippen LogP contribution >= 0.6 is 11.8 Å². The highest BCUT2D eigenvalue weighted by Crippen LogP contribution is 2.33. The number of hydrogen-bond acceptors (Lipinski definition) is 6. The first kappa shape index (κ1) is 14.3. The van der Waals surface area contributed by atoms with Gasteiger partial charge in [-0.25, -0.2) is 15.0 Å². The van der Waals surface area contributed by atoms with Gasteiger partial charge in [0.25, 0.3) is 0 Å². The minimum atomic E-state index is 0.588. The van der Waals surface area contributed by atoms with Gasteiger partial charge in [0.1, 0.15) is 5.03 Å². The molecule has 0 amide bonds. The number of benzene rings is 1. The lowest BCUT2D eigenvalue weighted by Crippen LogP contribution is -1.97. The molecule has 5 nitrogen and oxygen atoms in total. The Kier molecular flexibility index (Phi) is 4.20. The normalized spacial score (nSPS) is 10.4. The molecule has 6 heteroatoms. The number of nitrogens with two attached hydrogens (primary N) is 1. The molecule has 0 radical (unpaired) electrons. The van der Waals surface area contributed by atoms with Crippen molar-refractivity contribution in [3.8, 4) is 11.3 Å². The largest absolute Gasteiger partial charge is 0.399 e. The Labute approximate surface area is 133 Å². The number of anilines is 2. The summed E-state index contributed by atoms with van der Waals surface area (Å²) < 4.78 is 0. The van der Waals surface area contributed by atoms with Crippen molar-refractivity contribution in [2.45, 2.75) is 9.92 Å². The molecule has 0 unspecified atom stereocenters. The molecule has 0 atom stereocenters. The van der Waals surface area contributed by atoms with Crippen molar-refractivity contribution in [3.05, 3.63) is 54.9 Å². The molecular formula is C16H15N5S. The maximum Gasteiger partial charge on any atom is 0.222 e. The molecule has 3 aromatic rings. The Morgan fingerprint density at radius 3 is 2.59 bits per heavy atom. The number of aromatic nitrogens is 3. The van der Waals surface area contributed by atoms with E-state index >= 15 is 0 Å². The van der Waals surface area contributed by atoms with Crippen molar-refractivity contribution in [1.82, 2.24) is 15.0 Å². The van der Waals surface area contributed by atoms with E-state index in [0.29, 0.717) is 5.95 Å². The Bertz CT molecular complexity index is 773. The molecule has 0 saturated carbocycles. The van der Waals surface area contributed by atoms with Gasteiger partial charge in [0.2, 0.25) is 5.95 Å². The minimum absolute atomic E-state index is 0.588. The zero-order valence-electron chi connectivity index (χ0n) is 12.0. The second-order valence-electron chi connectivity index (χ2n) is 4.54. The lowest BCUT2D eigenvalue weighted by atomic mass is 10.2. The lowest BCUT2D eigenvalue weighted by Gasteiger charge is -2.08. The predicted molar refractivity (Wildman–Crippen MR) is 89.8 cm³/mol. The van der Waals surface area contributed by atoms with Crippen LogP contribution in [0.3, 0.4) is 0 Å². The first-order valence-electron chi connectivity index (χ1n) is 6.76. The lowest BCUT2D eigenvalue weighted by molar-refractivity contribution is 1.10. The molecule has 2 heterocycles. The highest BCUT2D eigenvalue weighted by atomic mass is 32.2. The van der Waals surface area contributed by atoms with Gasteiger partial charge in [0.15, 0.2) is 0 Å². The van der Waals surface area contributed by atoms with Crippen molar-refractivity contribution in [1.29, 1.82) is 0 Å². The first-order chi connectivity index (χ1) is 10.8. The fraction of sp³-hybridized carbons (Fsp3) is 0.0625. The number of nitrogens with one attached hydrogen (secondary N) is 1. The zero-order valence-corrected chi connectivity index (χ0v) is 12.8. The van der Waals surface area contributed by atoms with Gasteiger partial charge in [0.05, 0.1) is 5.69 Å². The van der Waals surface area contributed by atoms with Crippen molar-refractivity contribution in [2.75, 3.05) is 18.1 Å². The topological polar surface area (TPSA) is 76.7 Å². The highest BCUT2D eigenvalue weighted by Gasteiger charge is 2.10. The number of nitrogens with zero attached hydrogens (tertiary/aromatic N) is 3. The standard InChI is InChI=1S/C16H15N5S/c1-18-16-20-10-8-14(21-16)13-3-2-9-19-15(13)22-12-6-4-11(17)5-7-12/h2-10H,17H2,1H3,(H,18,20,21). The van der Waals surface area contributed by atoms with Gasteiger partial charge in [0, 0.05) is 35.6 Å². The molecule has 0 aliphatic carbocycles. The third-order valence-electron chi connectivity index (χ3n) is 3.02. The fourth-order valence-corrected chi connectivity index (χ4v) is 2.84. The molecule has 3 N–H and O–H groups in total. The van der Waals surface area contributed by atoms with Crippen LogP contribution in [0.4, 0.5) is 11.6 Å². The smallest absolute Gasteiger partial charge is 0.222 e. The van der Waals surface area contributed by atoms with E-state index in [1.54, 1.807) is 31.2 Å².